The predicted molar refractivity (Wildman–Crippen MR) is 91.3 cm³/mol. The number of nitrogens with zero attached hydrogens (tertiary/aromatic N) is 1. The van der Waals surface area contributed by atoms with E-state index in [2.05, 4.69) is 0 Å². The molecule has 0 bridgehead atoms. The molecule has 2 aromatic rings. The molecule has 0 aliphatic carbocycles. The lowest BCUT2D eigenvalue weighted by atomic mass is 9.85. The molecule has 2 aliphatic heterocycles. The van der Waals surface area contributed by atoms with E-state index in [0.29, 0.717) is 24.4 Å². The number of fused-ring (bicyclic) bond motifs is 2. The molecule has 0 saturated carbocycles. The van der Waals surface area contributed by atoms with Crippen molar-refractivity contribution in [3.63, 3.8) is 0 Å². The molecule has 2 heterocycles. The van der Waals surface area contributed by atoms with E-state index in [9.17, 15) is 9.59 Å². The molecule has 4 rings (SSSR count). The molecule has 5 heteroatoms. The Balaban J connectivity index is 1.48. The molecule has 1 spiro atoms. The summed E-state index contributed by atoms with van der Waals surface area (Å²) in [6.45, 7) is 1.01. The van der Waals surface area contributed by atoms with E-state index in [1.165, 1.54) is 0 Å². The van der Waals surface area contributed by atoms with Gasteiger partial charge in [-0.25, -0.2) is 4.79 Å². The Bertz CT molecular complexity index is 804. The first-order valence-corrected chi connectivity index (χ1v) is 8.46. The molecular formula is C20H19NO4. The fraction of sp³-hybridized carbons (Fsp3) is 0.300. The van der Waals surface area contributed by atoms with E-state index in [1.54, 1.807) is 11.0 Å². The third-order valence-electron chi connectivity index (χ3n) is 4.84. The normalized spacial score (nSPS) is 21.8. The Kier molecular flexibility index (Phi) is 3.92. The predicted octanol–water partition coefficient (Wildman–Crippen LogP) is 2.75. The van der Waals surface area contributed by atoms with Crippen LogP contribution in [0.15, 0.2) is 54.6 Å². The average Bonchev–Trinajstić information content (AvgIpc) is 2.92. The van der Waals surface area contributed by atoms with Crippen LogP contribution >= 0.6 is 0 Å². The van der Waals surface area contributed by atoms with Crippen molar-refractivity contribution in [2.45, 2.75) is 18.4 Å². The summed E-state index contributed by atoms with van der Waals surface area (Å²) < 4.78 is 11.3. The Labute approximate surface area is 146 Å². The summed E-state index contributed by atoms with van der Waals surface area (Å²) in [6.07, 6.45) is 1.53. The van der Waals surface area contributed by atoms with Gasteiger partial charge in [-0.05, 0) is 31.0 Å². The van der Waals surface area contributed by atoms with E-state index in [-0.39, 0.29) is 18.5 Å². The third-order valence-corrected chi connectivity index (χ3v) is 4.84. The van der Waals surface area contributed by atoms with Crippen LogP contribution in [-0.2, 0) is 15.1 Å². The molecule has 1 saturated heterocycles. The highest BCUT2D eigenvalue weighted by atomic mass is 16.6. The van der Waals surface area contributed by atoms with E-state index >= 15 is 0 Å². The SMILES string of the molecule is O=C1OC2(CCCN(C(=O)COc3ccccc3)C2)c2ccccc21. The number of benzene rings is 2. The van der Waals surface area contributed by atoms with Crippen LogP contribution in [0.1, 0.15) is 28.8 Å². The van der Waals surface area contributed by atoms with Gasteiger partial charge in [0.15, 0.2) is 12.2 Å². The first kappa shape index (κ1) is 15.7. The van der Waals surface area contributed by atoms with Gasteiger partial charge in [0.1, 0.15) is 5.75 Å². The van der Waals surface area contributed by atoms with Crippen LogP contribution in [-0.4, -0.2) is 36.5 Å². The molecule has 2 aliphatic rings. The number of likely N-dealkylation sites (tertiary alicyclic amines) is 1. The highest BCUT2D eigenvalue weighted by Gasteiger charge is 2.48. The lowest BCUT2D eigenvalue weighted by molar-refractivity contribution is -0.140. The van der Waals surface area contributed by atoms with Crippen molar-refractivity contribution in [1.29, 1.82) is 0 Å². The Morgan fingerprint density at radius 2 is 1.88 bits per heavy atom. The van der Waals surface area contributed by atoms with Gasteiger partial charge < -0.3 is 14.4 Å². The number of rotatable bonds is 3. The fourth-order valence-corrected chi connectivity index (χ4v) is 3.64. The molecule has 1 unspecified atom stereocenters. The Morgan fingerprint density at radius 1 is 1.12 bits per heavy atom. The minimum atomic E-state index is -0.714. The standard InChI is InChI=1S/C20H19NO4/c22-18(13-24-15-7-2-1-3-8-15)21-12-6-11-20(14-21)17-10-5-4-9-16(17)19(23)25-20/h1-5,7-10H,6,11-14H2. The summed E-state index contributed by atoms with van der Waals surface area (Å²) in [6, 6.07) is 16.7. The molecule has 0 aromatic heterocycles. The maximum absolute atomic E-state index is 12.6. The lowest BCUT2D eigenvalue weighted by Gasteiger charge is -2.39. The zero-order valence-electron chi connectivity index (χ0n) is 13.8. The molecule has 1 atom stereocenters. The number of hydrogen-bond donors (Lipinski definition) is 0. The summed E-state index contributed by atoms with van der Waals surface area (Å²) in [4.78, 5) is 26.5. The van der Waals surface area contributed by atoms with Crippen molar-refractivity contribution in [2.24, 2.45) is 0 Å². The van der Waals surface area contributed by atoms with Crippen LogP contribution in [0.3, 0.4) is 0 Å². The second kappa shape index (κ2) is 6.24. The Hall–Kier alpha value is -2.82. The smallest absolute Gasteiger partial charge is 0.339 e. The summed E-state index contributed by atoms with van der Waals surface area (Å²) in [5.74, 6) is 0.272. The molecule has 1 fully saturated rings. The molecule has 0 N–H and O–H groups in total. The number of hydrogen-bond acceptors (Lipinski definition) is 4. The van der Waals surface area contributed by atoms with E-state index in [4.69, 9.17) is 9.47 Å². The molecule has 2 aromatic carbocycles. The zero-order chi connectivity index (χ0) is 17.3. The third kappa shape index (κ3) is 2.86. The van der Waals surface area contributed by atoms with Crippen molar-refractivity contribution in [1.82, 2.24) is 4.90 Å². The molecule has 0 radical (unpaired) electrons. The minimum Gasteiger partial charge on any atom is -0.484 e. The zero-order valence-corrected chi connectivity index (χ0v) is 13.8. The number of ether oxygens (including phenoxy) is 2. The highest BCUT2D eigenvalue weighted by Crippen LogP contribution is 2.42. The monoisotopic (exact) mass is 337 g/mol. The number of esters is 1. The van der Waals surface area contributed by atoms with E-state index in [1.807, 2.05) is 48.5 Å². The first-order valence-electron chi connectivity index (χ1n) is 8.46. The summed E-state index contributed by atoms with van der Waals surface area (Å²) in [7, 11) is 0. The first-order chi connectivity index (χ1) is 12.2. The van der Waals surface area contributed by atoms with Crippen molar-refractivity contribution >= 4 is 11.9 Å². The van der Waals surface area contributed by atoms with Crippen LogP contribution < -0.4 is 4.74 Å². The maximum Gasteiger partial charge on any atom is 0.339 e. The lowest BCUT2D eigenvalue weighted by Crippen LogP contribution is -2.50. The largest absolute Gasteiger partial charge is 0.484 e. The van der Waals surface area contributed by atoms with Gasteiger partial charge >= 0.3 is 5.97 Å². The number of amides is 1. The van der Waals surface area contributed by atoms with Crippen molar-refractivity contribution < 1.29 is 19.1 Å². The molecule has 25 heavy (non-hydrogen) atoms. The van der Waals surface area contributed by atoms with Crippen molar-refractivity contribution in [2.75, 3.05) is 19.7 Å². The van der Waals surface area contributed by atoms with E-state index in [0.717, 1.165) is 18.4 Å². The van der Waals surface area contributed by atoms with Gasteiger partial charge in [-0.2, -0.15) is 0 Å². The highest BCUT2D eigenvalue weighted by molar-refractivity contribution is 5.95. The molecular weight excluding hydrogens is 318 g/mol. The Morgan fingerprint density at radius 3 is 2.72 bits per heavy atom. The number of piperidine rings is 1. The second-order valence-corrected chi connectivity index (χ2v) is 6.45. The van der Waals surface area contributed by atoms with Crippen LogP contribution in [0.4, 0.5) is 0 Å². The number of carbonyl (C=O) groups is 2. The summed E-state index contributed by atoms with van der Waals surface area (Å²) in [5.41, 5.74) is 0.785. The number of para-hydroxylation sites is 1. The topological polar surface area (TPSA) is 55.8 Å². The van der Waals surface area contributed by atoms with Gasteiger partial charge in [-0.3, -0.25) is 4.79 Å². The summed E-state index contributed by atoms with van der Waals surface area (Å²) >= 11 is 0. The number of carbonyl (C=O) groups excluding carboxylic acids is 2. The van der Waals surface area contributed by atoms with Crippen LogP contribution in [0, 0.1) is 0 Å². The van der Waals surface area contributed by atoms with Gasteiger partial charge in [0, 0.05) is 12.1 Å². The quantitative estimate of drug-likeness (QED) is 0.808. The van der Waals surface area contributed by atoms with Gasteiger partial charge in [0.05, 0.1) is 12.1 Å². The summed E-state index contributed by atoms with van der Waals surface area (Å²) in [5, 5.41) is 0. The van der Waals surface area contributed by atoms with Crippen LogP contribution in [0.5, 0.6) is 5.75 Å². The molecule has 1 amide bonds. The molecule has 5 nitrogen and oxygen atoms in total. The van der Waals surface area contributed by atoms with E-state index < -0.39 is 5.60 Å². The van der Waals surface area contributed by atoms with Gasteiger partial charge in [-0.1, -0.05) is 36.4 Å². The second-order valence-electron chi connectivity index (χ2n) is 6.45. The fourth-order valence-electron chi connectivity index (χ4n) is 3.64. The van der Waals surface area contributed by atoms with Crippen LogP contribution in [0.25, 0.3) is 0 Å². The van der Waals surface area contributed by atoms with Gasteiger partial charge in [-0.15, -0.1) is 0 Å². The van der Waals surface area contributed by atoms with Crippen molar-refractivity contribution in [3.8, 4) is 5.75 Å². The van der Waals surface area contributed by atoms with Gasteiger partial charge in [0.25, 0.3) is 5.91 Å². The van der Waals surface area contributed by atoms with Gasteiger partial charge in [0.2, 0.25) is 0 Å². The van der Waals surface area contributed by atoms with Crippen molar-refractivity contribution in [3.05, 3.63) is 65.7 Å². The average molecular weight is 337 g/mol. The maximum atomic E-state index is 12.6. The minimum absolute atomic E-state index is 0.0182. The van der Waals surface area contributed by atoms with Crippen LogP contribution in [0.2, 0.25) is 0 Å². The molecule has 128 valence electrons.